The number of rotatable bonds is 33. The summed E-state index contributed by atoms with van der Waals surface area (Å²) in [4.78, 5) is 163. The van der Waals surface area contributed by atoms with Crippen molar-refractivity contribution in [3.8, 4) is 5.75 Å². The lowest BCUT2D eigenvalue weighted by Crippen LogP contribution is -2.61. The van der Waals surface area contributed by atoms with Gasteiger partial charge in [0.25, 0.3) is 0 Å². The number of phenolic OH excluding ortho intramolecular Hbond substituents is 1. The maximum absolute atomic E-state index is 13.9. The summed E-state index contributed by atoms with van der Waals surface area (Å²) in [6.07, 6.45) is -1.38. The van der Waals surface area contributed by atoms with E-state index in [0.717, 1.165) is 0 Å². The van der Waals surface area contributed by atoms with Gasteiger partial charge in [-0.05, 0) is 36.1 Å². The van der Waals surface area contributed by atoms with Crippen LogP contribution >= 0.6 is 25.3 Å². The van der Waals surface area contributed by atoms with E-state index in [4.69, 9.17) is 17.2 Å². The molecular formula is C46H61N13O16S2. The third-order valence-electron chi connectivity index (χ3n) is 11.0. The predicted molar refractivity (Wildman–Crippen MR) is 275 cm³/mol. The topological polar surface area (TPSA) is 489 Å². The Hall–Kier alpha value is -8.29. The van der Waals surface area contributed by atoms with Crippen LogP contribution < -0.4 is 59.7 Å². The van der Waals surface area contributed by atoms with Crippen LogP contribution in [-0.2, 0) is 76.8 Å². The zero-order valence-electron chi connectivity index (χ0n) is 40.9. The van der Waals surface area contributed by atoms with Crippen molar-refractivity contribution < 1.29 is 78.0 Å². The molecule has 9 unspecified atom stereocenters. The van der Waals surface area contributed by atoms with Gasteiger partial charge in [0.05, 0.1) is 31.8 Å². The third kappa shape index (κ3) is 21.8. The van der Waals surface area contributed by atoms with Gasteiger partial charge in [0.2, 0.25) is 59.1 Å². The summed E-state index contributed by atoms with van der Waals surface area (Å²) in [5.41, 5.74) is 18.1. The lowest BCUT2D eigenvalue weighted by molar-refractivity contribution is -0.142. The highest BCUT2D eigenvalue weighted by atomic mass is 32.1. The van der Waals surface area contributed by atoms with Gasteiger partial charge in [-0.25, -0.2) is 9.78 Å². The van der Waals surface area contributed by atoms with Crippen LogP contribution in [0.4, 0.5) is 0 Å². The number of nitrogens with one attached hydrogen (secondary N) is 9. The number of phenols is 1. The summed E-state index contributed by atoms with van der Waals surface area (Å²) in [5, 5.41) is 57.0. The van der Waals surface area contributed by atoms with Gasteiger partial charge in [0.1, 0.15) is 54.1 Å². The van der Waals surface area contributed by atoms with Crippen LogP contribution in [0, 0.1) is 0 Å². The van der Waals surface area contributed by atoms with Crippen molar-refractivity contribution in [2.24, 2.45) is 17.2 Å². The third-order valence-corrected chi connectivity index (χ3v) is 11.8. The van der Waals surface area contributed by atoms with Crippen LogP contribution in [0.2, 0.25) is 0 Å². The van der Waals surface area contributed by atoms with Gasteiger partial charge in [0.15, 0.2) is 0 Å². The largest absolute Gasteiger partial charge is 0.508 e. The molecule has 0 fully saturated rings. The molecule has 418 valence electrons. The highest BCUT2D eigenvalue weighted by Crippen LogP contribution is 2.13. The average Bonchev–Trinajstić information content (AvgIpc) is 3.90. The number of aromatic hydroxyl groups is 1. The van der Waals surface area contributed by atoms with Crippen molar-refractivity contribution in [2.75, 3.05) is 18.1 Å². The highest BCUT2D eigenvalue weighted by Gasteiger charge is 2.36. The molecule has 2 aromatic carbocycles. The van der Waals surface area contributed by atoms with Gasteiger partial charge in [-0.3, -0.25) is 52.7 Å². The molecule has 19 N–H and O–H groups in total. The number of aliphatic hydroxyl groups is 1. The number of nitrogens with zero attached hydrogens (tertiary/aromatic N) is 1. The van der Waals surface area contributed by atoms with Crippen molar-refractivity contribution in [1.82, 2.24) is 52.5 Å². The van der Waals surface area contributed by atoms with E-state index in [0.29, 0.717) is 11.1 Å². The number of primary amides is 2. The second-order valence-corrected chi connectivity index (χ2v) is 17.8. The smallest absolute Gasteiger partial charge is 0.326 e. The normalized spacial score (nSPS) is 14.4. The number of thiol groups is 2. The van der Waals surface area contributed by atoms with Gasteiger partial charge in [0, 0.05) is 42.7 Å². The molecule has 0 aliphatic rings. The predicted octanol–water partition coefficient (Wildman–Crippen LogP) is -6.10. The van der Waals surface area contributed by atoms with E-state index in [2.05, 4.69) is 77.8 Å². The Kier molecular flexibility index (Phi) is 25.8. The first-order valence-corrected chi connectivity index (χ1v) is 24.5. The van der Waals surface area contributed by atoms with Crippen LogP contribution in [0.15, 0.2) is 67.1 Å². The molecule has 0 saturated heterocycles. The number of carboxylic acids is 2. The number of H-pyrrole nitrogens is 1. The highest BCUT2D eigenvalue weighted by molar-refractivity contribution is 7.80. The zero-order chi connectivity index (χ0) is 57.4. The fourth-order valence-electron chi connectivity index (χ4n) is 6.98. The number of aromatic amines is 1. The first kappa shape index (κ1) is 63.0. The molecule has 1 aromatic heterocycles. The van der Waals surface area contributed by atoms with E-state index < -0.39 is 163 Å². The fraction of sp³-hybridized carbons (Fsp3) is 0.413. The number of carboxylic acid groups (broad SMARTS) is 2. The van der Waals surface area contributed by atoms with Crippen molar-refractivity contribution in [1.29, 1.82) is 0 Å². The fourth-order valence-corrected chi connectivity index (χ4v) is 7.49. The zero-order valence-corrected chi connectivity index (χ0v) is 42.7. The van der Waals surface area contributed by atoms with E-state index >= 15 is 0 Å². The molecule has 1 heterocycles. The Morgan fingerprint density at radius 2 is 0.961 bits per heavy atom. The van der Waals surface area contributed by atoms with Crippen LogP contribution in [0.1, 0.15) is 42.5 Å². The van der Waals surface area contributed by atoms with Crippen LogP contribution in [0.3, 0.4) is 0 Å². The maximum atomic E-state index is 13.9. The minimum Gasteiger partial charge on any atom is -0.508 e. The molecule has 0 bridgehead atoms. The van der Waals surface area contributed by atoms with Crippen LogP contribution in [-0.4, -0.2) is 174 Å². The summed E-state index contributed by atoms with van der Waals surface area (Å²) < 4.78 is 0. The number of benzene rings is 2. The Balaban J connectivity index is 1.78. The number of amides is 10. The monoisotopic (exact) mass is 1120 g/mol. The molecule has 3 aromatic rings. The average molecular weight is 1120 g/mol. The summed E-state index contributed by atoms with van der Waals surface area (Å²) in [6.45, 7) is -1.21. The number of hydrogen-bond acceptors (Lipinski definition) is 18. The Bertz CT molecular complexity index is 2560. The minimum absolute atomic E-state index is 0.0865. The Morgan fingerprint density at radius 1 is 0.532 bits per heavy atom. The summed E-state index contributed by atoms with van der Waals surface area (Å²) in [7, 11) is 0. The number of carbonyl (C=O) groups excluding carboxylic acids is 10. The van der Waals surface area contributed by atoms with Gasteiger partial charge < -0.3 is 85.1 Å². The van der Waals surface area contributed by atoms with Crippen LogP contribution in [0.5, 0.6) is 5.75 Å². The van der Waals surface area contributed by atoms with Crippen LogP contribution in [0.25, 0.3) is 0 Å². The molecular weight excluding hydrogens is 1050 g/mol. The van der Waals surface area contributed by atoms with Gasteiger partial charge in [-0.15, -0.1) is 0 Å². The maximum Gasteiger partial charge on any atom is 0.326 e. The second kappa shape index (κ2) is 31.6. The van der Waals surface area contributed by atoms with Gasteiger partial charge >= 0.3 is 11.9 Å². The van der Waals surface area contributed by atoms with Gasteiger partial charge in [-0.2, -0.15) is 25.3 Å². The van der Waals surface area contributed by atoms with E-state index in [-0.39, 0.29) is 36.5 Å². The lowest BCUT2D eigenvalue weighted by Gasteiger charge is -2.27. The molecule has 0 spiro atoms. The Morgan fingerprint density at radius 3 is 1.44 bits per heavy atom. The number of aliphatic hydroxyl groups excluding tert-OH is 1. The number of carbonyl (C=O) groups is 12. The number of nitrogens with two attached hydrogens (primary N) is 3. The molecule has 0 aliphatic carbocycles. The summed E-state index contributed by atoms with van der Waals surface area (Å²) >= 11 is 8.21. The van der Waals surface area contributed by atoms with Crippen molar-refractivity contribution in [2.45, 2.75) is 99.3 Å². The van der Waals surface area contributed by atoms with E-state index in [1.165, 1.54) is 36.8 Å². The van der Waals surface area contributed by atoms with E-state index in [9.17, 15) is 78.0 Å². The molecule has 10 amide bonds. The molecule has 0 aliphatic heterocycles. The van der Waals surface area contributed by atoms with Crippen molar-refractivity contribution in [3.63, 3.8) is 0 Å². The van der Waals surface area contributed by atoms with Crippen molar-refractivity contribution in [3.05, 3.63) is 83.9 Å². The molecule has 77 heavy (non-hydrogen) atoms. The van der Waals surface area contributed by atoms with E-state index in [1.807, 2.05) is 0 Å². The van der Waals surface area contributed by atoms with Gasteiger partial charge in [-0.1, -0.05) is 42.5 Å². The van der Waals surface area contributed by atoms with E-state index in [1.54, 1.807) is 30.3 Å². The molecule has 31 heteroatoms. The molecule has 3 rings (SSSR count). The lowest BCUT2D eigenvalue weighted by atomic mass is 10.0. The molecule has 0 saturated carbocycles. The standard InChI is InChI=1S/C46H61N13O16S2/c47-26(12-22-4-2-1-3-5-22)38(66)58-33(19-76)44(72)55-30(16-36(49)63)42(70)57-32(18-60)43(71)52-27(10-11-37(64)65)39(67)54-29(15-35(48)62)41(69)53-28(14-24-17-50-21-51-24)40(68)59-34(20-77)45(73)56-31(46(74)75)13-23-6-8-25(61)9-7-23/h1-9,17,21,26-34,60-61,76-77H,10-16,18-20,47H2,(H2,48,62)(H2,49,63)(H,50,51)(H,52,71)(H,53,69)(H,54,67)(H,55,72)(H,56,73)(H,57,70)(H,58,66)(H,59,68)(H,64,65)(H,74,75). The molecule has 9 atom stereocenters. The summed E-state index contributed by atoms with van der Waals surface area (Å²) in [5.74, 6) is -15.1. The molecule has 29 nitrogen and oxygen atoms in total. The quantitative estimate of drug-likeness (QED) is 0.0252. The first-order valence-electron chi connectivity index (χ1n) is 23.3. The van der Waals surface area contributed by atoms with Crippen molar-refractivity contribution >= 4 is 96.3 Å². The Labute approximate surface area is 449 Å². The number of hydrogen-bond donors (Lipinski definition) is 18. The minimum atomic E-state index is -1.99. The second-order valence-electron chi connectivity index (χ2n) is 17.1. The number of aromatic nitrogens is 2. The number of imidazole rings is 1. The SMILES string of the molecule is NC(=O)CC(NC(=O)C(CS)NC(=O)C(N)Cc1ccccc1)C(=O)NC(CO)C(=O)NC(CCC(=O)O)C(=O)NC(CC(N)=O)C(=O)NC(Cc1cnc[nH]1)C(=O)NC(CS)C(=O)NC(Cc1ccc(O)cc1)C(=O)O. The molecule has 0 radical (unpaired) electrons. The summed E-state index contributed by atoms with van der Waals surface area (Å²) in [6, 6.07) is -0.766. The first-order chi connectivity index (χ1) is 36.4. The number of aliphatic carboxylic acids is 2.